The lowest BCUT2D eigenvalue weighted by atomic mass is 10.0. The van der Waals surface area contributed by atoms with Gasteiger partial charge in [0.2, 0.25) is 5.91 Å². The van der Waals surface area contributed by atoms with Crippen molar-refractivity contribution in [2.24, 2.45) is 0 Å². The number of hydrogen-bond donors (Lipinski definition) is 3. The van der Waals surface area contributed by atoms with Crippen LogP contribution in [0.4, 0.5) is 10.5 Å². The van der Waals surface area contributed by atoms with Gasteiger partial charge >= 0.3 is 6.09 Å². The Bertz CT molecular complexity index is 1020. The molecule has 0 saturated carbocycles. The lowest BCUT2D eigenvalue weighted by Gasteiger charge is -2.33. The molecule has 8 nitrogen and oxygen atoms in total. The van der Waals surface area contributed by atoms with Crippen LogP contribution in [0.1, 0.15) is 57.4 Å². The second kappa shape index (κ2) is 11.0. The molecule has 2 rings (SSSR count). The van der Waals surface area contributed by atoms with E-state index in [1.807, 2.05) is 32.0 Å². The Hall–Kier alpha value is -3.55. The zero-order valence-electron chi connectivity index (χ0n) is 20.9. The molecule has 2 atom stereocenters. The Morgan fingerprint density at radius 3 is 2.18 bits per heavy atom. The van der Waals surface area contributed by atoms with Crippen LogP contribution in [0, 0.1) is 13.8 Å². The van der Waals surface area contributed by atoms with Crippen LogP contribution in [0.25, 0.3) is 0 Å². The molecule has 0 bridgehead atoms. The number of phenolic OH excluding ortho intramolecular Hbond substituents is 1. The quantitative estimate of drug-likeness (QED) is 0.555. The lowest BCUT2D eigenvalue weighted by molar-refractivity contribution is -0.140. The first kappa shape index (κ1) is 26.7. The largest absolute Gasteiger partial charge is 0.508 e. The van der Waals surface area contributed by atoms with Gasteiger partial charge in [-0.25, -0.2) is 4.79 Å². The maximum Gasteiger partial charge on any atom is 0.408 e. The highest BCUT2D eigenvalue weighted by Gasteiger charge is 2.34. The van der Waals surface area contributed by atoms with E-state index in [9.17, 15) is 19.5 Å². The Morgan fingerprint density at radius 2 is 1.65 bits per heavy atom. The van der Waals surface area contributed by atoms with E-state index in [0.29, 0.717) is 11.3 Å². The molecule has 2 aromatic carbocycles. The van der Waals surface area contributed by atoms with Crippen molar-refractivity contribution in [3.8, 4) is 5.75 Å². The van der Waals surface area contributed by atoms with Gasteiger partial charge in [-0.05, 0) is 77.3 Å². The average molecular weight is 470 g/mol. The first-order valence-corrected chi connectivity index (χ1v) is 11.3. The highest BCUT2D eigenvalue weighted by atomic mass is 16.6. The number of hydrogen-bond acceptors (Lipinski definition) is 5. The van der Waals surface area contributed by atoms with Crippen molar-refractivity contribution in [2.45, 2.75) is 66.2 Å². The van der Waals surface area contributed by atoms with Crippen molar-refractivity contribution in [3.05, 3.63) is 59.2 Å². The number of ether oxygens (including phenoxy) is 1. The van der Waals surface area contributed by atoms with E-state index in [-0.39, 0.29) is 12.3 Å². The number of anilines is 1. The number of rotatable bonds is 7. The number of carbonyl (C=O) groups excluding carboxylic acids is 3. The van der Waals surface area contributed by atoms with Gasteiger partial charge in [-0.1, -0.05) is 30.3 Å². The summed E-state index contributed by atoms with van der Waals surface area (Å²) in [4.78, 5) is 40.5. The number of para-hydroxylation sites is 1. The van der Waals surface area contributed by atoms with Crippen molar-refractivity contribution in [3.63, 3.8) is 0 Å². The molecular weight excluding hydrogens is 434 g/mol. The van der Waals surface area contributed by atoms with Gasteiger partial charge in [0, 0.05) is 12.2 Å². The summed E-state index contributed by atoms with van der Waals surface area (Å²) in [7, 11) is 0. The third-order valence-electron chi connectivity index (χ3n) is 5.20. The second-order valence-electron chi connectivity index (χ2n) is 9.25. The lowest BCUT2D eigenvalue weighted by Crippen LogP contribution is -2.51. The monoisotopic (exact) mass is 469 g/mol. The Kier molecular flexibility index (Phi) is 8.68. The smallest absolute Gasteiger partial charge is 0.408 e. The molecule has 0 heterocycles. The number of amides is 3. The van der Waals surface area contributed by atoms with Gasteiger partial charge in [-0.2, -0.15) is 0 Å². The van der Waals surface area contributed by atoms with Crippen molar-refractivity contribution < 1.29 is 24.2 Å². The second-order valence-corrected chi connectivity index (χ2v) is 9.25. The van der Waals surface area contributed by atoms with Crippen molar-refractivity contribution in [1.29, 1.82) is 0 Å². The molecule has 34 heavy (non-hydrogen) atoms. The summed E-state index contributed by atoms with van der Waals surface area (Å²) in [5.74, 6) is -0.910. The number of benzene rings is 2. The molecule has 3 amide bonds. The molecule has 2 aromatic rings. The van der Waals surface area contributed by atoms with E-state index in [2.05, 4.69) is 10.6 Å². The van der Waals surface area contributed by atoms with Gasteiger partial charge in [0.1, 0.15) is 23.4 Å². The first-order chi connectivity index (χ1) is 15.8. The molecule has 0 saturated heterocycles. The summed E-state index contributed by atoms with van der Waals surface area (Å²) in [6, 6.07) is 9.95. The first-order valence-electron chi connectivity index (χ1n) is 11.3. The van der Waals surface area contributed by atoms with Crippen LogP contribution in [0.3, 0.4) is 0 Å². The molecule has 0 spiro atoms. The van der Waals surface area contributed by atoms with E-state index in [4.69, 9.17) is 4.74 Å². The van der Waals surface area contributed by atoms with Crippen molar-refractivity contribution in [2.75, 3.05) is 11.9 Å². The number of nitrogens with one attached hydrogen (secondary N) is 2. The number of carbonyl (C=O) groups is 3. The summed E-state index contributed by atoms with van der Waals surface area (Å²) < 4.78 is 5.25. The topological polar surface area (TPSA) is 108 Å². The van der Waals surface area contributed by atoms with Gasteiger partial charge in [0.25, 0.3) is 5.91 Å². The van der Waals surface area contributed by atoms with Gasteiger partial charge in [-0.15, -0.1) is 0 Å². The molecule has 2 unspecified atom stereocenters. The molecule has 0 aromatic heterocycles. The number of likely N-dealkylation sites (N-methyl/N-ethyl adjacent to an activating group) is 1. The summed E-state index contributed by atoms with van der Waals surface area (Å²) in [5, 5.41) is 15.5. The number of aryl methyl sites for hydroxylation is 2. The average Bonchev–Trinajstić information content (AvgIpc) is 2.72. The minimum absolute atomic E-state index is 0.0224. The highest BCUT2D eigenvalue weighted by molar-refractivity contribution is 5.99. The molecule has 184 valence electrons. The number of phenols is 1. The van der Waals surface area contributed by atoms with E-state index in [1.165, 1.54) is 24.0 Å². The maximum absolute atomic E-state index is 13.6. The van der Waals surface area contributed by atoms with Gasteiger partial charge < -0.3 is 25.4 Å². The van der Waals surface area contributed by atoms with Crippen molar-refractivity contribution >= 4 is 23.6 Å². The SMILES string of the molecule is CCN(C(=O)C(C)NC(=O)OC(C)(C)C)C(C(=O)Nc1c(C)cccc1C)c1cccc(O)c1. The zero-order valence-corrected chi connectivity index (χ0v) is 20.9. The number of aromatic hydroxyl groups is 1. The maximum atomic E-state index is 13.6. The number of alkyl carbamates (subject to hydrolysis) is 1. The summed E-state index contributed by atoms with van der Waals surface area (Å²) in [6.07, 6.45) is -0.724. The Balaban J connectivity index is 2.39. The van der Waals surface area contributed by atoms with Gasteiger partial charge in [0.15, 0.2) is 0 Å². The minimum Gasteiger partial charge on any atom is -0.508 e. The van der Waals surface area contributed by atoms with Crippen LogP contribution in [0.5, 0.6) is 5.75 Å². The fraction of sp³-hybridized carbons (Fsp3) is 0.423. The van der Waals surface area contributed by atoms with Gasteiger partial charge in [-0.3, -0.25) is 9.59 Å². The summed E-state index contributed by atoms with van der Waals surface area (Å²) in [5.41, 5.74) is 2.17. The molecule has 0 aliphatic carbocycles. The fourth-order valence-electron chi connectivity index (χ4n) is 3.63. The predicted octanol–water partition coefficient (Wildman–Crippen LogP) is 4.45. The third-order valence-corrected chi connectivity index (χ3v) is 5.20. The fourth-order valence-corrected chi connectivity index (χ4v) is 3.63. The zero-order chi connectivity index (χ0) is 25.6. The third kappa shape index (κ3) is 6.97. The van der Waals surface area contributed by atoms with Crippen LogP contribution in [-0.4, -0.2) is 46.1 Å². The highest BCUT2D eigenvalue weighted by Crippen LogP contribution is 2.28. The van der Waals surface area contributed by atoms with Crippen LogP contribution in [0.15, 0.2) is 42.5 Å². The minimum atomic E-state index is -1.04. The Labute approximate surface area is 201 Å². The molecule has 0 fully saturated rings. The molecule has 8 heteroatoms. The van der Waals surface area contributed by atoms with Crippen molar-refractivity contribution in [1.82, 2.24) is 10.2 Å². The van der Waals surface area contributed by atoms with E-state index >= 15 is 0 Å². The summed E-state index contributed by atoms with van der Waals surface area (Å²) >= 11 is 0. The van der Waals surface area contributed by atoms with E-state index < -0.39 is 35.6 Å². The predicted molar refractivity (Wildman–Crippen MR) is 132 cm³/mol. The molecule has 0 radical (unpaired) electrons. The Morgan fingerprint density at radius 1 is 1.06 bits per heavy atom. The van der Waals surface area contributed by atoms with Crippen LogP contribution in [0.2, 0.25) is 0 Å². The number of nitrogens with zero attached hydrogens (tertiary/aromatic N) is 1. The van der Waals surface area contributed by atoms with E-state index in [0.717, 1.165) is 11.1 Å². The molecule has 0 aliphatic rings. The van der Waals surface area contributed by atoms with Crippen LogP contribution in [-0.2, 0) is 14.3 Å². The van der Waals surface area contributed by atoms with E-state index in [1.54, 1.807) is 39.8 Å². The van der Waals surface area contributed by atoms with Crippen LogP contribution >= 0.6 is 0 Å². The molecular formula is C26H35N3O5. The summed E-state index contributed by atoms with van der Waals surface area (Å²) in [6.45, 7) is 12.5. The van der Waals surface area contributed by atoms with Gasteiger partial charge in [0.05, 0.1) is 0 Å². The standard InChI is InChI=1S/C26H35N3O5/c1-8-29(24(32)18(4)27-25(33)34-26(5,6)7)22(19-13-10-14-20(30)15-19)23(31)28-21-16(2)11-9-12-17(21)3/h9-15,18,22,30H,8H2,1-7H3,(H,27,33)(H,28,31). The van der Waals surface area contributed by atoms with Crippen LogP contribution < -0.4 is 10.6 Å². The normalized spacial score (nSPS) is 12.9. The molecule has 0 aliphatic heterocycles. The molecule has 3 N–H and O–H groups in total.